The summed E-state index contributed by atoms with van der Waals surface area (Å²) < 4.78 is 17.4. The largest absolute Gasteiger partial charge is 0.462 e. The Hall–Kier alpha value is -3.18. The van der Waals surface area contributed by atoms with Gasteiger partial charge in [-0.1, -0.05) is 195 Å². The van der Waals surface area contributed by atoms with Crippen molar-refractivity contribution in [2.45, 2.75) is 232 Å². The maximum atomic E-state index is 12.8. The van der Waals surface area contributed by atoms with E-state index in [1.807, 2.05) is 0 Å². The Morgan fingerprint density at radius 1 is 0.371 bits per heavy atom. The molecule has 0 heterocycles. The molecule has 0 rings (SSSR count). The van der Waals surface area contributed by atoms with E-state index < -0.39 is 6.10 Å². The van der Waals surface area contributed by atoms with Crippen molar-refractivity contribution < 1.29 is 23.8 Å². The molecule has 0 radical (unpaired) electrons. The Balaban J connectivity index is 4.35. The van der Waals surface area contributed by atoms with Gasteiger partial charge in [0.05, 0.1) is 6.61 Å². The van der Waals surface area contributed by atoms with Gasteiger partial charge in [-0.2, -0.15) is 0 Å². The van der Waals surface area contributed by atoms with Crippen molar-refractivity contribution in [1.82, 2.24) is 0 Å². The molecule has 354 valence electrons. The molecular weight excluding hydrogens is 765 g/mol. The highest BCUT2D eigenvalue weighted by atomic mass is 16.6. The van der Waals surface area contributed by atoms with Gasteiger partial charge >= 0.3 is 11.9 Å². The zero-order chi connectivity index (χ0) is 44.9. The summed E-state index contributed by atoms with van der Waals surface area (Å²) in [5, 5.41) is 0. The second-order valence-electron chi connectivity index (χ2n) is 16.7. The highest BCUT2D eigenvalue weighted by Crippen LogP contribution is 2.13. The van der Waals surface area contributed by atoms with Gasteiger partial charge in [0.1, 0.15) is 6.61 Å². The van der Waals surface area contributed by atoms with E-state index in [2.05, 4.69) is 118 Å². The van der Waals surface area contributed by atoms with Crippen molar-refractivity contribution in [1.29, 1.82) is 0 Å². The van der Waals surface area contributed by atoms with Gasteiger partial charge in [-0.25, -0.2) is 0 Å². The molecule has 0 aliphatic carbocycles. The van der Waals surface area contributed by atoms with Gasteiger partial charge in [0.2, 0.25) is 0 Å². The van der Waals surface area contributed by atoms with Crippen molar-refractivity contribution in [3.63, 3.8) is 0 Å². The predicted molar refractivity (Wildman–Crippen MR) is 270 cm³/mol. The van der Waals surface area contributed by atoms with Gasteiger partial charge in [-0.05, 0) is 116 Å². The number of allylic oxidation sites excluding steroid dienone is 16. The van der Waals surface area contributed by atoms with Gasteiger partial charge < -0.3 is 14.2 Å². The lowest BCUT2D eigenvalue weighted by Gasteiger charge is -2.18. The molecule has 0 fully saturated rings. The van der Waals surface area contributed by atoms with Crippen LogP contribution in [0.3, 0.4) is 0 Å². The zero-order valence-electron chi connectivity index (χ0n) is 40.6. The molecule has 1 unspecified atom stereocenters. The molecule has 0 saturated carbocycles. The number of rotatable bonds is 46. The summed E-state index contributed by atoms with van der Waals surface area (Å²) in [4.78, 5) is 25.4. The first-order valence-corrected chi connectivity index (χ1v) is 25.8. The van der Waals surface area contributed by atoms with Crippen LogP contribution in [0.15, 0.2) is 97.2 Å². The highest BCUT2D eigenvalue weighted by Gasteiger charge is 2.17. The minimum absolute atomic E-state index is 0.0605. The molecule has 0 aromatic heterocycles. The third-order valence-corrected chi connectivity index (χ3v) is 10.6. The summed E-state index contributed by atoms with van der Waals surface area (Å²) in [6.45, 7) is 7.52. The third-order valence-electron chi connectivity index (χ3n) is 10.6. The van der Waals surface area contributed by atoms with Crippen molar-refractivity contribution in [2.75, 3.05) is 19.8 Å². The van der Waals surface area contributed by atoms with Crippen molar-refractivity contribution in [3.8, 4) is 0 Å². The van der Waals surface area contributed by atoms with Crippen LogP contribution in [0.1, 0.15) is 226 Å². The van der Waals surface area contributed by atoms with Gasteiger partial charge in [0.25, 0.3) is 0 Å². The Bertz CT molecular complexity index is 1200. The molecule has 0 N–H and O–H groups in total. The van der Waals surface area contributed by atoms with Crippen LogP contribution in [0.5, 0.6) is 0 Å². The van der Waals surface area contributed by atoms with E-state index in [0.717, 1.165) is 116 Å². The lowest BCUT2D eigenvalue weighted by molar-refractivity contribution is -0.163. The van der Waals surface area contributed by atoms with E-state index in [1.54, 1.807) is 0 Å². The lowest BCUT2D eigenvalue weighted by Crippen LogP contribution is -2.30. The van der Waals surface area contributed by atoms with Gasteiger partial charge in [-0.3, -0.25) is 9.59 Å². The molecule has 0 bridgehead atoms. The third kappa shape index (κ3) is 49.5. The number of unbranched alkanes of at least 4 members (excludes halogenated alkanes) is 19. The van der Waals surface area contributed by atoms with Gasteiger partial charge in [-0.15, -0.1) is 0 Å². The van der Waals surface area contributed by atoms with Crippen molar-refractivity contribution in [2.24, 2.45) is 0 Å². The molecule has 0 aromatic rings. The van der Waals surface area contributed by atoms with Crippen molar-refractivity contribution in [3.05, 3.63) is 97.2 Å². The van der Waals surface area contributed by atoms with Gasteiger partial charge in [0.15, 0.2) is 6.10 Å². The molecule has 1 atom stereocenters. The number of hydrogen-bond acceptors (Lipinski definition) is 5. The first-order chi connectivity index (χ1) is 30.6. The smallest absolute Gasteiger partial charge is 0.306 e. The summed E-state index contributed by atoms with van der Waals surface area (Å²) in [7, 11) is 0. The highest BCUT2D eigenvalue weighted by molar-refractivity contribution is 5.70. The number of carbonyl (C=O) groups excluding carboxylic acids is 2. The molecule has 0 saturated heterocycles. The van der Waals surface area contributed by atoms with E-state index in [4.69, 9.17) is 14.2 Å². The molecule has 5 nitrogen and oxygen atoms in total. The summed E-state index contributed by atoms with van der Waals surface area (Å²) in [5.41, 5.74) is 0. The SMILES string of the molecule is CC/C=C\C/C=C\C/C=C\C/C=C\CCCCCCCOCC(COC(=O)CCCCCCC/C=C\C/C=C\C/C=C\CC)OC(=O)CCCCCCC/C=C\CCCCCC. The monoisotopic (exact) mass is 861 g/mol. The second kappa shape index (κ2) is 52.2. The van der Waals surface area contributed by atoms with E-state index >= 15 is 0 Å². The first-order valence-electron chi connectivity index (χ1n) is 25.8. The normalized spacial score (nSPS) is 13.0. The predicted octanol–water partition coefficient (Wildman–Crippen LogP) is 17.5. The minimum Gasteiger partial charge on any atom is -0.462 e. The van der Waals surface area contributed by atoms with Crippen LogP contribution in [-0.2, 0) is 23.8 Å². The Morgan fingerprint density at radius 2 is 0.726 bits per heavy atom. The van der Waals surface area contributed by atoms with E-state index in [0.29, 0.717) is 19.4 Å². The minimum atomic E-state index is -0.562. The summed E-state index contributed by atoms with van der Waals surface area (Å²) in [6.07, 6.45) is 69.8. The number of esters is 2. The fourth-order valence-corrected chi connectivity index (χ4v) is 6.80. The quantitative estimate of drug-likeness (QED) is 0.0347. The number of hydrogen-bond donors (Lipinski definition) is 0. The summed E-state index contributed by atoms with van der Waals surface area (Å²) in [5.74, 6) is -0.441. The average Bonchev–Trinajstić information content (AvgIpc) is 3.27. The lowest BCUT2D eigenvalue weighted by atomic mass is 10.1. The average molecular weight is 861 g/mol. The number of carbonyl (C=O) groups is 2. The van der Waals surface area contributed by atoms with E-state index in [-0.39, 0.29) is 25.2 Å². The Kier molecular flexibility index (Phi) is 49.5. The van der Waals surface area contributed by atoms with Crippen LogP contribution in [0.4, 0.5) is 0 Å². The van der Waals surface area contributed by atoms with Crippen LogP contribution < -0.4 is 0 Å². The molecule has 0 amide bonds. The van der Waals surface area contributed by atoms with E-state index in [1.165, 1.54) is 77.0 Å². The fraction of sp³-hybridized carbons (Fsp3) is 0.684. The van der Waals surface area contributed by atoms with Crippen LogP contribution in [0, 0.1) is 0 Å². The Morgan fingerprint density at radius 3 is 1.18 bits per heavy atom. The molecule has 0 aromatic carbocycles. The standard InChI is InChI=1S/C57H96O5/c1-4-7-10-13-16-19-22-25-27-28-29-31-34-37-40-43-46-49-52-60-53-55(62-57(59)51-48-45-42-39-36-32-24-21-18-15-12-9-6-3)54-61-56(58)50-47-44-41-38-35-33-30-26-23-20-17-14-11-8-5-2/h7-8,10-11,16-17,19-21,24-27,29-31,55H,4-6,9,12-15,18,22-23,28,32-54H2,1-3H3/b10-7-,11-8-,19-16-,20-17-,24-21-,27-25-,30-26-,31-29-. The van der Waals surface area contributed by atoms with Gasteiger partial charge in [0, 0.05) is 19.4 Å². The van der Waals surface area contributed by atoms with Crippen LogP contribution >= 0.6 is 0 Å². The van der Waals surface area contributed by atoms with E-state index in [9.17, 15) is 9.59 Å². The molecule has 0 aliphatic rings. The molecule has 0 spiro atoms. The molecule has 62 heavy (non-hydrogen) atoms. The molecule has 0 aliphatic heterocycles. The Labute approximate surface area is 383 Å². The number of ether oxygens (including phenoxy) is 3. The zero-order valence-corrected chi connectivity index (χ0v) is 40.6. The second-order valence-corrected chi connectivity index (χ2v) is 16.7. The van der Waals surface area contributed by atoms with Crippen LogP contribution in [0.25, 0.3) is 0 Å². The molecular formula is C57H96O5. The first kappa shape index (κ1) is 58.8. The van der Waals surface area contributed by atoms with Crippen LogP contribution in [0.2, 0.25) is 0 Å². The fourth-order valence-electron chi connectivity index (χ4n) is 6.80. The van der Waals surface area contributed by atoms with Crippen LogP contribution in [-0.4, -0.2) is 37.9 Å². The van der Waals surface area contributed by atoms with Crippen molar-refractivity contribution >= 4 is 11.9 Å². The maximum absolute atomic E-state index is 12.8. The summed E-state index contributed by atoms with van der Waals surface area (Å²) in [6, 6.07) is 0. The maximum Gasteiger partial charge on any atom is 0.306 e. The molecule has 5 heteroatoms. The topological polar surface area (TPSA) is 61.8 Å². The summed E-state index contributed by atoms with van der Waals surface area (Å²) >= 11 is 0.